The minimum atomic E-state index is -0.195. The number of hydrogen-bond donors (Lipinski definition) is 0. The molecule has 20 heavy (non-hydrogen) atoms. The Kier molecular flexibility index (Phi) is 12.6. The van der Waals surface area contributed by atoms with Crippen molar-refractivity contribution in [2.24, 2.45) is 0 Å². The van der Waals surface area contributed by atoms with E-state index in [1.54, 1.807) is 0 Å². The van der Waals surface area contributed by atoms with Gasteiger partial charge in [-0.15, -0.1) is 0 Å². The molecular formula is C14H24Br2O4. The van der Waals surface area contributed by atoms with Crippen molar-refractivity contribution in [1.82, 2.24) is 0 Å². The van der Waals surface area contributed by atoms with E-state index in [4.69, 9.17) is 9.47 Å². The lowest BCUT2D eigenvalue weighted by Gasteiger charge is -2.07. The van der Waals surface area contributed by atoms with E-state index in [1.807, 2.05) is 13.8 Å². The first-order valence-corrected chi connectivity index (χ1v) is 8.84. The quantitative estimate of drug-likeness (QED) is 0.291. The molecule has 2 unspecified atom stereocenters. The highest BCUT2D eigenvalue weighted by Gasteiger charge is 2.07. The molecule has 0 bridgehead atoms. The summed E-state index contributed by atoms with van der Waals surface area (Å²) in [7, 11) is 0. The second kappa shape index (κ2) is 12.6. The summed E-state index contributed by atoms with van der Waals surface area (Å²) in [5.74, 6) is -0.390. The summed E-state index contributed by atoms with van der Waals surface area (Å²) in [6.45, 7) is 4.90. The first-order chi connectivity index (χ1) is 9.41. The van der Waals surface area contributed by atoms with Gasteiger partial charge in [-0.25, -0.2) is 0 Å². The van der Waals surface area contributed by atoms with Crippen LogP contribution in [-0.2, 0) is 19.1 Å². The van der Waals surface area contributed by atoms with Gasteiger partial charge in [0.15, 0.2) is 0 Å². The largest absolute Gasteiger partial charge is 0.466 e. The fraction of sp³-hybridized carbons (Fsp3) is 0.857. The predicted octanol–water partition coefficient (Wildman–Crippen LogP) is 3.98. The molecule has 0 aromatic heterocycles. The van der Waals surface area contributed by atoms with E-state index in [9.17, 15) is 9.59 Å². The molecule has 0 aromatic carbocycles. The summed E-state index contributed by atoms with van der Waals surface area (Å²) in [6.07, 6.45) is 3.66. The molecule has 2 atom stereocenters. The molecule has 0 aliphatic rings. The third kappa shape index (κ3) is 14.3. The molecular weight excluding hydrogens is 392 g/mol. The second-order valence-corrected chi connectivity index (χ2v) is 7.91. The van der Waals surface area contributed by atoms with Crippen LogP contribution in [0.1, 0.15) is 52.4 Å². The third-order valence-electron chi connectivity index (χ3n) is 2.57. The van der Waals surface area contributed by atoms with Gasteiger partial charge in [0.2, 0.25) is 0 Å². The van der Waals surface area contributed by atoms with Crippen LogP contribution in [0, 0.1) is 0 Å². The van der Waals surface area contributed by atoms with E-state index in [1.165, 1.54) is 0 Å². The monoisotopic (exact) mass is 414 g/mol. The van der Waals surface area contributed by atoms with Crippen molar-refractivity contribution in [1.29, 1.82) is 0 Å². The molecule has 0 saturated carbocycles. The summed E-state index contributed by atoms with van der Waals surface area (Å²) >= 11 is 6.78. The Morgan fingerprint density at radius 2 is 1.20 bits per heavy atom. The van der Waals surface area contributed by atoms with Crippen LogP contribution in [0.25, 0.3) is 0 Å². The van der Waals surface area contributed by atoms with Gasteiger partial charge in [-0.05, 0) is 25.7 Å². The summed E-state index contributed by atoms with van der Waals surface area (Å²) in [4.78, 5) is 23.4. The maximum atomic E-state index is 11.4. The van der Waals surface area contributed by atoms with Crippen molar-refractivity contribution >= 4 is 43.8 Å². The van der Waals surface area contributed by atoms with Crippen molar-refractivity contribution in [3.8, 4) is 0 Å². The summed E-state index contributed by atoms with van der Waals surface area (Å²) < 4.78 is 10.1. The van der Waals surface area contributed by atoms with Crippen LogP contribution in [0.15, 0.2) is 0 Å². The summed E-state index contributed by atoms with van der Waals surface area (Å²) in [5, 5.41) is 0. The maximum Gasteiger partial charge on any atom is 0.305 e. The van der Waals surface area contributed by atoms with E-state index in [2.05, 4.69) is 31.9 Å². The van der Waals surface area contributed by atoms with Crippen molar-refractivity contribution in [3.05, 3.63) is 0 Å². The van der Waals surface area contributed by atoms with Crippen LogP contribution in [0.3, 0.4) is 0 Å². The molecule has 0 saturated heterocycles. The average molecular weight is 416 g/mol. The van der Waals surface area contributed by atoms with E-state index in [0.717, 1.165) is 12.8 Å². The topological polar surface area (TPSA) is 52.6 Å². The van der Waals surface area contributed by atoms with E-state index in [-0.39, 0.29) is 11.9 Å². The van der Waals surface area contributed by atoms with Crippen LogP contribution in [-0.4, -0.2) is 34.8 Å². The number of rotatable bonds is 11. The Hall–Kier alpha value is -0.100. The molecule has 0 heterocycles. The van der Waals surface area contributed by atoms with Gasteiger partial charge in [0.25, 0.3) is 0 Å². The zero-order chi connectivity index (χ0) is 15.4. The molecule has 4 nitrogen and oxygen atoms in total. The Balaban J connectivity index is 3.41. The third-order valence-corrected chi connectivity index (χ3v) is 3.48. The van der Waals surface area contributed by atoms with E-state index >= 15 is 0 Å². The van der Waals surface area contributed by atoms with Crippen LogP contribution in [0.2, 0.25) is 0 Å². The number of carbonyl (C=O) groups is 2. The second-order valence-electron chi connectivity index (χ2n) is 4.79. The summed E-state index contributed by atoms with van der Waals surface area (Å²) in [5.41, 5.74) is 0. The van der Waals surface area contributed by atoms with Crippen molar-refractivity contribution in [2.75, 3.05) is 13.2 Å². The molecule has 118 valence electrons. The lowest BCUT2D eigenvalue weighted by molar-refractivity contribution is -0.146. The Morgan fingerprint density at radius 1 is 0.850 bits per heavy atom. The molecule has 0 rings (SSSR count). The molecule has 0 fully saturated rings. The van der Waals surface area contributed by atoms with Crippen molar-refractivity contribution < 1.29 is 19.1 Å². The fourth-order valence-electron chi connectivity index (χ4n) is 1.35. The van der Waals surface area contributed by atoms with Crippen LogP contribution < -0.4 is 0 Å². The number of unbranched alkanes of at least 4 members (excludes halogenated alkanes) is 1. The molecule has 0 aromatic rings. The van der Waals surface area contributed by atoms with Gasteiger partial charge in [0.1, 0.15) is 0 Å². The molecule has 6 heteroatoms. The Labute approximate surface area is 138 Å². The highest BCUT2D eigenvalue weighted by atomic mass is 79.9. The lowest BCUT2D eigenvalue weighted by atomic mass is 10.2. The first-order valence-electron chi connectivity index (χ1n) is 7.01. The Bertz CT molecular complexity index is 252. The first kappa shape index (κ1) is 19.9. The minimum absolute atomic E-state index is 0.195. The molecule has 0 radical (unpaired) electrons. The highest BCUT2D eigenvalue weighted by molar-refractivity contribution is 9.09. The highest BCUT2D eigenvalue weighted by Crippen LogP contribution is 2.07. The zero-order valence-corrected chi connectivity index (χ0v) is 15.4. The van der Waals surface area contributed by atoms with Gasteiger partial charge >= 0.3 is 11.9 Å². The molecule has 0 aliphatic carbocycles. The standard InChI is InChI=1S/C14H24Br2O4/c1-11(15)7-9-19-13(17)5-3-4-6-14(18)20-10-8-12(2)16/h11-12H,3-10H2,1-2H3. The van der Waals surface area contributed by atoms with Gasteiger partial charge in [-0.2, -0.15) is 0 Å². The number of esters is 2. The van der Waals surface area contributed by atoms with Gasteiger partial charge in [-0.3, -0.25) is 9.59 Å². The molecule has 0 amide bonds. The zero-order valence-electron chi connectivity index (χ0n) is 12.2. The molecule has 0 N–H and O–H groups in total. The van der Waals surface area contributed by atoms with Crippen LogP contribution >= 0.6 is 31.9 Å². The van der Waals surface area contributed by atoms with Gasteiger partial charge < -0.3 is 9.47 Å². The van der Waals surface area contributed by atoms with Crippen molar-refractivity contribution in [3.63, 3.8) is 0 Å². The van der Waals surface area contributed by atoms with Gasteiger partial charge in [-0.1, -0.05) is 45.7 Å². The smallest absolute Gasteiger partial charge is 0.305 e. The van der Waals surface area contributed by atoms with Crippen LogP contribution in [0.5, 0.6) is 0 Å². The maximum absolute atomic E-state index is 11.4. The van der Waals surface area contributed by atoms with E-state index < -0.39 is 0 Å². The van der Waals surface area contributed by atoms with Gasteiger partial charge in [0.05, 0.1) is 13.2 Å². The number of alkyl halides is 2. The SMILES string of the molecule is CC(Br)CCOC(=O)CCCCC(=O)OCCC(C)Br. The fourth-order valence-corrected chi connectivity index (χ4v) is 1.73. The number of hydrogen-bond acceptors (Lipinski definition) is 4. The predicted molar refractivity (Wildman–Crippen MR) is 86.4 cm³/mol. The average Bonchev–Trinajstić information content (AvgIpc) is 2.33. The van der Waals surface area contributed by atoms with E-state index in [0.29, 0.717) is 48.6 Å². The van der Waals surface area contributed by atoms with Gasteiger partial charge in [0, 0.05) is 22.5 Å². The molecule has 0 aliphatic heterocycles. The number of carbonyl (C=O) groups excluding carboxylic acids is 2. The Morgan fingerprint density at radius 3 is 1.50 bits per heavy atom. The minimum Gasteiger partial charge on any atom is -0.466 e. The normalized spacial score (nSPS) is 13.6. The number of halogens is 2. The van der Waals surface area contributed by atoms with Crippen molar-refractivity contribution in [2.45, 2.75) is 62.0 Å². The molecule has 0 spiro atoms. The summed E-state index contributed by atoms with van der Waals surface area (Å²) in [6, 6.07) is 0. The number of ether oxygens (including phenoxy) is 2. The van der Waals surface area contributed by atoms with Crippen LogP contribution in [0.4, 0.5) is 0 Å². The lowest BCUT2D eigenvalue weighted by Crippen LogP contribution is -2.10.